The first-order chi connectivity index (χ1) is 18.8. The summed E-state index contributed by atoms with van der Waals surface area (Å²) in [5, 5.41) is 3.89. The Labute approximate surface area is 234 Å². The van der Waals surface area contributed by atoms with E-state index in [2.05, 4.69) is 10.3 Å². The lowest BCUT2D eigenvalue weighted by molar-refractivity contribution is -0.148. The zero-order valence-electron chi connectivity index (χ0n) is 21.5. The summed E-state index contributed by atoms with van der Waals surface area (Å²) in [5.74, 6) is -1.27. The van der Waals surface area contributed by atoms with Crippen LogP contribution in [0, 0.1) is 11.7 Å². The van der Waals surface area contributed by atoms with Crippen molar-refractivity contribution in [3.05, 3.63) is 52.8 Å². The van der Waals surface area contributed by atoms with E-state index in [1.165, 1.54) is 35.5 Å². The number of halogens is 3. The molecule has 2 heterocycles. The highest BCUT2D eigenvalue weighted by molar-refractivity contribution is 7.22. The molecule has 208 valence electrons. The van der Waals surface area contributed by atoms with Crippen molar-refractivity contribution in [1.82, 2.24) is 9.88 Å². The zero-order chi connectivity index (χ0) is 27.5. The number of para-hydroxylation sites is 1. The van der Waals surface area contributed by atoms with E-state index in [0.29, 0.717) is 36.5 Å². The van der Waals surface area contributed by atoms with Crippen molar-refractivity contribution in [2.45, 2.75) is 56.8 Å². The number of rotatable bonds is 8. The molecular weight excluding hydrogens is 548 g/mol. The number of likely N-dealkylation sites (tertiary alicyclic amines) is 1. The minimum absolute atomic E-state index is 0.0471. The van der Waals surface area contributed by atoms with Gasteiger partial charge in [0.2, 0.25) is 5.91 Å². The number of anilines is 2. The number of nitrogens with zero attached hydrogens (tertiary/aromatic N) is 2. The van der Waals surface area contributed by atoms with Gasteiger partial charge in [-0.25, -0.2) is 13.8 Å². The van der Waals surface area contributed by atoms with E-state index in [9.17, 15) is 14.0 Å². The fourth-order valence-corrected chi connectivity index (χ4v) is 6.44. The number of aromatic nitrogens is 1. The second-order valence-corrected chi connectivity index (χ2v) is 11.5. The molecule has 2 atom stereocenters. The van der Waals surface area contributed by atoms with E-state index in [0.717, 1.165) is 10.2 Å². The van der Waals surface area contributed by atoms with Crippen LogP contribution in [0.25, 0.3) is 10.2 Å². The first-order valence-electron chi connectivity index (χ1n) is 13.0. The average Bonchev–Trinajstić information content (AvgIpc) is 3.52. The molecule has 2 aliphatic rings. The van der Waals surface area contributed by atoms with E-state index < -0.39 is 18.0 Å². The third-order valence-corrected chi connectivity index (χ3v) is 8.69. The van der Waals surface area contributed by atoms with Crippen molar-refractivity contribution < 1.29 is 27.8 Å². The molecule has 1 aromatic heterocycles. The smallest absolute Gasteiger partial charge is 0.308 e. The van der Waals surface area contributed by atoms with Crippen LogP contribution in [0.1, 0.15) is 37.7 Å². The largest absolute Gasteiger partial charge is 0.469 e. The molecule has 2 fully saturated rings. The van der Waals surface area contributed by atoms with Gasteiger partial charge in [-0.3, -0.25) is 9.59 Å². The normalized spacial score (nSPS) is 23.2. The van der Waals surface area contributed by atoms with Crippen LogP contribution in [0.2, 0.25) is 5.02 Å². The number of nitrogens with one attached hydrogen (secondary N) is 1. The third-order valence-electron chi connectivity index (χ3n) is 7.43. The number of benzene rings is 2. The van der Waals surface area contributed by atoms with E-state index in [1.54, 1.807) is 0 Å². The summed E-state index contributed by atoms with van der Waals surface area (Å²) in [5.41, 5.74) is 1.32. The highest BCUT2D eigenvalue weighted by atomic mass is 35.5. The van der Waals surface area contributed by atoms with Gasteiger partial charge in [-0.05, 0) is 55.5 Å². The number of amides is 1. The van der Waals surface area contributed by atoms with Crippen molar-refractivity contribution >= 4 is 55.8 Å². The minimum atomic E-state index is -1.16. The minimum Gasteiger partial charge on any atom is -0.469 e. The number of alkyl halides is 1. The van der Waals surface area contributed by atoms with Crippen LogP contribution in [0.3, 0.4) is 0 Å². The van der Waals surface area contributed by atoms with Crippen LogP contribution < -0.4 is 5.32 Å². The van der Waals surface area contributed by atoms with Crippen molar-refractivity contribution in [3.8, 4) is 0 Å². The fourth-order valence-electron chi connectivity index (χ4n) is 5.33. The van der Waals surface area contributed by atoms with Gasteiger partial charge in [0.05, 0.1) is 65.7 Å². The number of carbonyl (C=O) groups excluding carboxylic acids is 2. The van der Waals surface area contributed by atoms with Crippen LogP contribution in [-0.2, 0) is 25.5 Å². The summed E-state index contributed by atoms with van der Waals surface area (Å²) in [6, 6.07) is 9.91. The lowest BCUT2D eigenvalue weighted by Crippen LogP contribution is -2.40. The maximum Gasteiger partial charge on any atom is 0.308 e. The Kier molecular flexibility index (Phi) is 8.64. The molecule has 5 rings (SSSR count). The molecule has 0 bridgehead atoms. The lowest BCUT2D eigenvalue weighted by atomic mass is 9.87. The first-order valence-corrected chi connectivity index (χ1v) is 14.2. The third kappa shape index (κ3) is 6.50. The maximum absolute atomic E-state index is 15.0. The number of hydrogen-bond acceptors (Lipinski definition) is 7. The fraction of sp³-hybridized carbons (Fsp3) is 0.464. The molecule has 1 aliphatic carbocycles. The summed E-state index contributed by atoms with van der Waals surface area (Å²) in [6.07, 6.45) is 1.51. The highest BCUT2D eigenvalue weighted by Crippen LogP contribution is 2.33. The van der Waals surface area contributed by atoms with Crippen LogP contribution in [0.15, 0.2) is 36.4 Å². The number of carbonyl (C=O) groups is 2. The molecule has 0 spiro atoms. The zero-order valence-corrected chi connectivity index (χ0v) is 23.1. The predicted octanol–water partition coefficient (Wildman–Crippen LogP) is 6.06. The van der Waals surface area contributed by atoms with Gasteiger partial charge in [0.25, 0.3) is 0 Å². The number of ether oxygens (including phenoxy) is 2. The number of fused-ring (bicyclic) bond motifs is 1. The van der Waals surface area contributed by atoms with Gasteiger partial charge in [-0.2, -0.15) is 0 Å². The van der Waals surface area contributed by atoms with Crippen LogP contribution in [0.4, 0.5) is 19.6 Å². The Bertz CT molecular complexity index is 1310. The Morgan fingerprint density at radius 2 is 1.97 bits per heavy atom. The summed E-state index contributed by atoms with van der Waals surface area (Å²) < 4.78 is 41.2. The Balaban J connectivity index is 1.19. The average molecular weight is 578 g/mol. The topological polar surface area (TPSA) is 80.8 Å². The van der Waals surface area contributed by atoms with Gasteiger partial charge < -0.3 is 19.7 Å². The summed E-state index contributed by atoms with van der Waals surface area (Å²) in [6.45, 7) is 0.155. The molecule has 1 amide bonds. The number of esters is 1. The molecule has 7 nitrogen and oxygen atoms in total. The van der Waals surface area contributed by atoms with E-state index in [1.807, 2.05) is 24.3 Å². The standard InChI is InChI=1S/C28H30ClF2N3O4S/c1-37-27(36)16-6-8-20(9-7-16)38-15-19-12-18(30)14-34(19)26(35)11-17-10-21(29)24(13-22(17)31)33-28-32-23-4-2-3-5-25(23)39-28/h2-5,10,13,16,18-20H,6-9,11-12,14-15H2,1H3,(H,32,33)/t16?,18-,19-,20?/m0/s1. The van der Waals surface area contributed by atoms with Gasteiger partial charge in [-0.1, -0.05) is 35.1 Å². The Morgan fingerprint density at radius 1 is 1.21 bits per heavy atom. The summed E-state index contributed by atoms with van der Waals surface area (Å²) >= 11 is 7.86. The molecule has 1 N–H and O–H groups in total. The number of hydrogen-bond donors (Lipinski definition) is 1. The van der Waals surface area contributed by atoms with Gasteiger partial charge in [0.15, 0.2) is 5.13 Å². The Morgan fingerprint density at radius 3 is 2.72 bits per heavy atom. The van der Waals surface area contributed by atoms with E-state index in [-0.39, 0.29) is 60.5 Å². The van der Waals surface area contributed by atoms with Gasteiger partial charge in [0.1, 0.15) is 12.0 Å². The molecule has 11 heteroatoms. The van der Waals surface area contributed by atoms with Crippen molar-refractivity contribution in [2.75, 3.05) is 25.6 Å². The molecular formula is C28H30ClF2N3O4S. The lowest BCUT2D eigenvalue weighted by Gasteiger charge is -2.30. The summed E-state index contributed by atoms with van der Waals surface area (Å²) in [4.78, 5) is 30.8. The van der Waals surface area contributed by atoms with Crippen LogP contribution >= 0.6 is 22.9 Å². The predicted molar refractivity (Wildman–Crippen MR) is 147 cm³/mol. The quantitative estimate of drug-likeness (QED) is 0.328. The molecule has 1 saturated heterocycles. The Hall–Kier alpha value is -2.82. The highest BCUT2D eigenvalue weighted by Gasteiger charge is 2.37. The van der Waals surface area contributed by atoms with Crippen molar-refractivity contribution in [3.63, 3.8) is 0 Å². The molecule has 3 aromatic rings. The van der Waals surface area contributed by atoms with Crippen LogP contribution in [-0.4, -0.2) is 60.3 Å². The monoisotopic (exact) mass is 577 g/mol. The molecule has 39 heavy (non-hydrogen) atoms. The van der Waals surface area contributed by atoms with Gasteiger partial charge in [-0.15, -0.1) is 0 Å². The molecule has 0 unspecified atom stereocenters. The molecule has 1 saturated carbocycles. The second kappa shape index (κ2) is 12.1. The SMILES string of the molecule is COC(=O)C1CCC(OC[C@@H]2C[C@H](F)CN2C(=O)Cc2cc(Cl)c(Nc3nc4ccccc4s3)cc2F)CC1. The molecule has 0 radical (unpaired) electrons. The van der Waals surface area contributed by atoms with Crippen molar-refractivity contribution in [1.29, 1.82) is 0 Å². The summed E-state index contributed by atoms with van der Waals surface area (Å²) in [7, 11) is 1.39. The number of methoxy groups -OCH3 is 1. The van der Waals surface area contributed by atoms with E-state index in [4.69, 9.17) is 21.1 Å². The first kappa shape index (κ1) is 27.7. The van der Waals surface area contributed by atoms with Gasteiger partial charge in [0, 0.05) is 6.42 Å². The molecule has 1 aliphatic heterocycles. The van der Waals surface area contributed by atoms with Crippen LogP contribution in [0.5, 0.6) is 0 Å². The second-order valence-electron chi connectivity index (χ2n) is 10.1. The van der Waals surface area contributed by atoms with Gasteiger partial charge >= 0.3 is 5.97 Å². The number of thiazole rings is 1. The van der Waals surface area contributed by atoms with E-state index >= 15 is 4.39 Å². The van der Waals surface area contributed by atoms with Crippen molar-refractivity contribution in [2.24, 2.45) is 5.92 Å². The molecule has 2 aromatic carbocycles. The maximum atomic E-state index is 15.0.